The first kappa shape index (κ1) is 14.3. The molecule has 1 heterocycles. The largest absolute Gasteiger partial charge is 0.464 e. The van der Waals surface area contributed by atoms with E-state index in [4.69, 9.17) is 16.3 Å². The zero-order chi connectivity index (χ0) is 13.7. The molecule has 0 amide bonds. The van der Waals surface area contributed by atoms with E-state index in [0.717, 1.165) is 0 Å². The predicted octanol–water partition coefficient (Wildman–Crippen LogP) is 3.08. The van der Waals surface area contributed by atoms with Gasteiger partial charge >= 0.3 is 6.01 Å². The maximum atomic E-state index is 5.93. The molecule has 1 aliphatic carbocycles. The van der Waals surface area contributed by atoms with E-state index in [2.05, 4.69) is 19.9 Å². The van der Waals surface area contributed by atoms with Crippen LogP contribution in [0.5, 0.6) is 6.01 Å². The van der Waals surface area contributed by atoms with Gasteiger partial charge in [0.15, 0.2) is 0 Å². The molecule has 0 saturated heterocycles. The lowest BCUT2D eigenvalue weighted by Crippen LogP contribution is -2.32. The minimum Gasteiger partial charge on any atom is -0.464 e. The van der Waals surface area contributed by atoms with Crippen LogP contribution in [0.4, 0.5) is 5.95 Å². The van der Waals surface area contributed by atoms with Crippen LogP contribution in [0.2, 0.25) is 5.28 Å². The molecule has 0 aromatic carbocycles. The fraction of sp³-hybridized carbons (Fsp3) is 0.769. The number of rotatable bonds is 4. The first-order valence-electron chi connectivity index (χ1n) is 6.98. The lowest BCUT2D eigenvalue weighted by molar-refractivity contribution is 0.311. The Kier molecular flexibility index (Phi) is 5.19. The summed E-state index contributed by atoms with van der Waals surface area (Å²) in [6.45, 7) is 2.42. The van der Waals surface area contributed by atoms with Crippen LogP contribution in [0, 0.1) is 0 Å². The van der Waals surface area contributed by atoms with E-state index in [-0.39, 0.29) is 5.28 Å². The van der Waals surface area contributed by atoms with Crippen molar-refractivity contribution < 1.29 is 4.74 Å². The van der Waals surface area contributed by atoms with E-state index < -0.39 is 0 Å². The van der Waals surface area contributed by atoms with Crippen molar-refractivity contribution in [2.24, 2.45) is 0 Å². The van der Waals surface area contributed by atoms with E-state index in [1.807, 2.05) is 14.0 Å². The first-order chi connectivity index (χ1) is 9.20. The molecule has 1 fully saturated rings. The number of anilines is 1. The highest BCUT2D eigenvalue weighted by Crippen LogP contribution is 2.24. The summed E-state index contributed by atoms with van der Waals surface area (Å²) < 4.78 is 5.32. The number of aromatic nitrogens is 3. The molecule has 1 aromatic heterocycles. The number of nitrogens with zero attached hydrogens (tertiary/aromatic N) is 4. The molecule has 0 atom stereocenters. The van der Waals surface area contributed by atoms with Crippen molar-refractivity contribution in [2.75, 3.05) is 18.6 Å². The Morgan fingerprint density at radius 2 is 1.84 bits per heavy atom. The summed E-state index contributed by atoms with van der Waals surface area (Å²) in [6.07, 6.45) is 7.56. The molecule has 1 saturated carbocycles. The summed E-state index contributed by atoms with van der Waals surface area (Å²) in [5.74, 6) is 0.607. The van der Waals surface area contributed by atoms with E-state index in [1.165, 1.54) is 38.5 Å². The predicted molar refractivity (Wildman–Crippen MR) is 75.9 cm³/mol. The maximum Gasteiger partial charge on any atom is 0.322 e. The molecule has 2 rings (SSSR count). The average molecular weight is 285 g/mol. The van der Waals surface area contributed by atoms with E-state index in [1.54, 1.807) is 0 Å². The Hall–Kier alpha value is -1.10. The second-order valence-electron chi connectivity index (χ2n) is 4.88. The summed E-state index contributed by atoms with van der Waals surface area (Å²) >= 11 is 5.93. The van der Waals surface area contributed by atoms with Gasteiger partial charge in [0, 0.05) is 13.1 Å². The van der Waals surface area contributed by atoms with E-state index in [9.17, 15) is 0 Å². The number of hydrogen-bond donors (Lipinski definition) is 0. The van der Waals surface area contributed by atoms with Gasteiger partial charge in [0.1, 0.15) is 0 Å². The SMILES string of the molecule is CCOc1nc(Cl)nc(N(C)C2CCCCCC2)n1. The van der Waals surface area contributed by atoms with Crippen molar-refractivity contribution in [3.05, 3.63) is 5.28 Å². The normalized spacial score (nSPS) is 17.0. The van der Waals surface area contributed by atoms with Crippen molar-refractivity contribution in [2.45, 2.75) is 51.5 Å². The van der Waals surface area contributed by atoms with Crippen LogP contribution in [-0.4, -0.2) is 34.6 Å². The van der Waals surface area contributed by atoms with Crippen LogP contribution in [0.1, 0.15) is 45.4 Å². The van der Waals surface area contributed by atoms with Crippen LogP contribution < -0.4 is 9.64 Å². The zero-order valence-electron chi connectivity index (χ0n) is 11.6. The van der Waals surface area contributed by atoms with E-state index in [0.29, 0.717) is 24.6 Å². The fourth-order valence-electron chi connectivity index (χ4n) is 2.48. The molecule has 0 radical (unpaired) electrons. The number of halogens is 1. The van der Waals surface area contributed by atoms with Crippen molar-refractivity contribution >= 4 is 17.5 Å². The van der Waals surface area contributed by atoms with Gasteiger partial charge in [-0.1, -0.05) is 25.7 Å². The topological polar surface area (TPSA) is 51.1 Å². The standard InChI is InChI=1S/C13H21ClN4O/c1-3-19-13-16-11(14)15-12(17-13)18(2)10-8-6-4-5-7-9-10/h10H,3-9H2,1-2H3. The second kappa shape index (κ2) is 6.89. The molecular weight excluding hydrogens is 264 g/mol. The van der Waals surface area contributed by atoms with Crippen LogP contribution in [0.15, 0.2) is 0 Å². The summed E-state index contributed by atoms with van der Waals surface area (Å²) in [6, 6.07) is 0.786. The third-order valence-electron chi connectivity index (χ3n) is 3.54. The van der Waals surface area contributed by atoms with Crippen LogP contribution in [0.25, 0.3) is 0 Å². The molecule has 6 heteroatoms. The van der Waals surface area contributed by atoms with Crippen LogP contribution in [0.3, 0.4) is 0 Å². The van der Waals surface area contributed by atoms with Crippen molar-refractivity contribution in [1.82, 2.24) is 15.0 Å². The van der Waals surface area contributed by atoms with Gasteiger partial charge in [0.05, 0.1) is 6.61 Å². The molecule has 5 nitrogen and oxygen atoms in total. The van der Waals surface area contributed by atoms with Crippen molar-refractivity contribution in [3.63, 3.8) is 0 Å². The van der Waals surface area contributed by atoms with Gasteiger partial charge in [0.25, 0.3) is 0 Å². The first-order valence-corrected chi connectivity index (χ1v) is 7.35. The minimum absolute atomic E-state index is 0.189. The average Bonchev–Trinajstić information content (AvgIpc) is 2.66. The summed E-state index contributed by atoms with van der Waals surface area (Å²) in [5.41, 5.74) is 0. The molecule has 0 spiro atoms. The Balaban J connectivity index is 2.14. The van der Waals surface area contributed by atoms with Gasteiger partial charge < -0.3 is 9.64 Å². The van der Waals surface area contributed by atoms with Crippen LogP contribution >= 0.6 is 11.6 Å². The fourth-order valence-corrected chi connectivity index (χ4v) is 2.63. The molecule has 19 heavy (non-hydrogen) atoms. The summed E-state index contributed by atoms with van der Waals surface area (Å²) in [7, 11) is 2.03. The Morgan fingerprint density at radius 1 is 1.16 bits per heavy atom. The summed E-state index contributed by atoms with van der Waals surface area (Å²) in [4.78, 5) is 14.6. The smallest absolute Gasteiger partial charge is 0.322 e. The highest BCUT2D eigenvalue weighted by atomic mass is 35.5. The number of hydrogen-bond acceptors (Lipinski definition) is 5. The molecular formula is C13H21ClN4O. The maximum absolute atomic E-state index is 5.93. The third-order valence-corrected chi connectivity index (χ3v) is 3.71. The quantitative estimate of drug-likeness (QED) is 0.795. The Morgan fingerprint density at radius 3 is 2.47 bits per heavy atom. The zero-order valence-corrected chi connectivity index (χ0v) is 12.4. The van der Waals surface area contributed by atoms with Gasteiger partial charge in [0.2, 0.25) is 11.2 Å². The lowest BCUT2D eigenvalue weighted by atomic mass is 10.1. The van der Waals surface area contributed by atoms with Gasteiger partial charge in [-0.25, -0.2) is 0 Å². The molecule has 0 aliphatic heterocycles. The van der Waals surface area contributed by atoms with Crippen LogP contribution in [-0.2, 0) is 0 Å². The molecule has 0 unspecified atom stereocenters. The molecule has 0 N–H and O–H groups in total. The van der Waals surface area contributed by atoms with Gasteiger partial charge in [-0.05, 0) is 31.4 Å². The Bertz CT molecular complexity index is 408. The lowest BCUT2D eigenvalue weighted by Gasteiger charge is -2.27. The van der Waals surface area contributed by atoms with Crippen molar-refractivity contribution in [3.8, 4) is 6.01 Å². The molecule has 1 aliphatic rings. The van der Waals surface area contributed by atoms with Gasteiger partial charge in [-0.3, -0.25) is 0 Å². The Labute approximate surface area is 119 Å². The second-order valence-corrected chi connectivity index (χ2v) is 5.21. The third kappa shape index (κ3) is 3.93. The number of ether oxygens (including phenoxy) is 1. The summed E-state index contributed by atoms with van der Waals surface area (Å²) in [5, 5.41) is 0.189. The highest BCUT2D eigenvalue weighted by Gasteiger charge is 2.20. The molecule has 0 bridgehead atoms. The minimum atomic E-state index is 0.189. The highest BCUT2D eigenvalue weighted by molar-refractivity contribution is 6.28. The van der Waals surface area contributed by atoms with Crippen molar-refractivity contribution in [1.29, 1.82) is 0 Å². The van der Waals surface area contributed by atoms with Gasteiger partial charge in [-0.15, -0.1) is 0 Å². The molecule has 1 aromatic rings. The monoisotopic (exact) mass is 284 g/mol. The van der Waals surface area contributed by atoms with E-state index >= 15 is 0 Å². The van der Waals surface area contributed by atoms with Gasteiger partial charge in [-0.2, -0.15) is 15.0 Å². The molecule has 106 valence electrons.